The molecule has 2 nitrogen and oxygen atoms in total. The molecule has 0 saturated carbocycles. The SMILES string of the molecule is C#C[C@H](C)OC(=O)c1ccc2ccc3cccc4ccc1c2c34. The molecule has 0 aliphatic heterocycles. The van der Waals surface area contributed by atoms with Crippen LogP contribution in [0.1, 0.15) is 17.3 Å². The molecule has 4 rings (SSSR count). The van der Waals surface area contributed by atoms with Gasteiger partial charge in [0.2, 0.25) is 0 Å². The molecule has 0 spiro atoms. The first kappa shape index (κ1) is 13.6. The zero-order chi connectivity index (χ0) is 16.0. The summed E-state index contributed by atoms with van der Waals surface area (Å²) in [7, 11) is 0. The maximum absolute atomic E-state index is 12.4. The highest BCUT2D eigenvalue weighted by Crippen LogP contribution is 2.36. The lowest BCUT2D eigenvalue weighted by atomic mass is 9.92. The molecular formula is C21H14O2. The number of hydrogen-bond donors (Lipinski definition) is 0. The lowest BCUT2D eigenvalue weighted by Crippen LogP contribution is -2.13. The molecule has 0 saturated heterocycles. The maximum Gasteiger partial charge on any atom is 0.339 e. The van der Waals surface area contributed by atoms with Crippen molar-refractivity contribution in [3.8, 4) is 12.3 Å². The van der Waals surface area contributed by atoms with E-state index in [2.05, 4.69) is 30.2 Å². The minimum Gasteiger partial charge on any atom is -0.446 e. The first-order valence-corrected chi connectivity index (χ1v) is 7.52. The summed E-state index contributed by atoms with van der Waals surface area (Å²) >= 11 is 0. The van der Waals surface area contributed by atoms with Gasteiger partial charge in [0, 0.05) is 0 Å². The largest absolute Gasteiger partial charge is 0.446 e. The summed E-state index contributed by atoms with van der Waals surface area (Å²) in [5, 5.41) is 6.64. The molecule has 0 fully saturated rings. The summed E-state index contributed by atoms with van der Waals surface area (Å²) in [6.07, 6.45) is 4.76. The molecule has 0 amide bonds. The van der Waals surface area contributed by atoms with Gasteiger partial charge in [-0.1, -0.05) is 54.5 Å². The van der Waals surface area contributed by atoms with Crippen LogP contribution in [0, 0.1) is 12.3 Å². The van der Waals surface area contributed by atoms with Crippen LogP contribution in [-0.4, -0.2) is 12.1 Å². The lowest BCUT2D eigenvalue weighted by Gasteiger charge is -2.14. The number of ether oxygens (including phenoxy) is 1. The highest BCUT2D eigenvalue weighted by Gasteiger charge is 2.17. The predicted octanol–water partition coefficient (Wildman–Crippen LogP) is 4.76. The van der Waals surface area contributed by atoms with E-state index in [1.165, 1.54) is 16.2 Å². The average Bonchev–Trinajstić information content (AvgIpc) is 2.59. The predicted molar refractivity (Wildman–Crippen MR) is 93.9 cm³/mol. The number of carbonyl (C=O) groups excluding carboxylic acids is 1. The quantitative estimate of drug-likeness (QED) is 0.303. The van der Waals surface area contributed by atoms with Crippen molar-refractivity contribution in [2.24, 2.45) is 0 Å². The van der Waals surface area contributed by atoms with Gasteiger partial charge >= 0.3 is 5.97 Å². The number of benzene rings is 4. The van der Waals surface area contributed by atoms with Crippen molar-refractivity contribution < 1.29 is 9.53 Å². The summed E-state index contributed by atoms with van der Waals surface area (Å²) < 4.78 is 5.30. The highest BCUT2D eigenvalue weighted by atomic mass is 16.5. The minimum absolute atomic E-state index is 0.381. The Balaban J connectivity index is 2.04. The molecule has 0 bridgehead atoms. The van der Waals surface area contributed by atoms with Crippen LogP contribution < -0.4 is 0 Å². The Morgan fingerprint density at radius 3 is 2.26 bits per heavy atom. The van der Waals surface area contributed by atoms with Crippen LogP contribution in [0.25, 0.3) is 32.3 Å². The van der Waals surface area contributed by atoms with Crippen molar-refractivity contribution >= 4 is 38.3 Å². The molecule has 1 atom stereocenters. The van der Waals surface area contributed by atoms with Crippen LogP contribution in [0.3, 0.4) is 0 Å². The molecule has 23 heavy (non-hydrogen) atoms. The van der Waals surface area contributed by atoms with Gasteiger partial charge in [-0.2, -0.15) is 0 Å². The van der Waals surface area contributed by atoms with Crippen molar-refractivity contribution in [1.29, 1.82) is 0 Å². The van der Waals surface area contributed by atoms with E-state index in [-0.39, 0.29) is 5.97 Å². The third kappa shape index (κ3) is 2.02. The normalized spacial score (nSPS) is 12.5. The van der Waals surface area contributed by atoms with Crippen molar-refractivity contribution in [2.75, 3.05) is 0 Å². The fourth-order valence-electron chi connectivity index (χ4n) is 3.17. The Hall–Kier alpha value is -3.05. The number of carbonyl (C=O) groups is 1. The van der Waals surface area contributed by atoms with Gasteiger partial charge < -0.3 is 4.74 Å². The van der Waals surface area contributed by atoms with Gasteiger partial charge in [0.25, 0.3) is 0 Å². The molecule has 4 aromatic carbocycles. The second-order valence-electron chi connectivity index (χ2n) is 5.68. The standard InChI is InChI=1S/C21H14O2/c1-3-13(2)23-21(22)18-12-10-16-8-7-14-5-4-6-15-9-11-17(18)20(16)19(14)15/h1,4-13H,2H3/t13-/m0/s1. The van der Waals surface area contributed by atoms with Crippen LogP contribution >= 0.6 is 0 Å². The van der Waals surface area contributed by atoms with Gasteiger partial charge in [0.15, 0.2) is 6.10 Å². The third-order valence-electron chi connectivity index (χ3n) is 4.27. The fraction of sp³-hybridized carbons (Fsp3) is 0.0952. The number of terminal acetylenes is 1. The zero-order valence-electron chi connectivity index (χ0n) is 12.7. The summed E-state index contributed by atoms with van der Waals surface area (Å²) in [6.45, 7) is 1.69. The molecule has 0 unspecified atom stereocenters. The van der Waals surface area contributed by atoms with E-state index < -0.39 is 6.10 Å². The van der Waals surface area contributed by atoms with Gasteiger partial charge in [0.1, 0.15) is 0 Å². The van der Waals surface area contributed by atoms with Crippen molar-refractivity contribution in [3.05, 3.63) is 60.2 Å². The smallest absolute Gasteiger partial charge is 0.339 e. The highest BCUT2D eigenvalue weighted by molar-refractivity contribution is 6.25. The molecule has 0 aliphatic carbocycles. The topological polar surface area (TPSA) is 26.3 Å². The van der Waals surface area contributed by atoms with Gasteiger partial charge in [0.05, 0.1) is 5.56 Å². The zero-order valence-corrected chi connectivity index (χ0v) is 12.7. The van der Waals surface area contributed by atoms with Crippen molar-refractivity contribution in [2.45, 2.75) is 13.0 Å². The van der Waals surface area contributed by atoms with Crippen molar-refractivity contribution in [1.82, 2.24) is 0 Å². The van der Waals surface area contributed by atoms with E-state index in [1.54, 1.807) is 6.92 Å². The van der Waals surface area contributed by atoms with Crippen molar-refractivity contribution in [3.63, 3.8) is 0 Å². The van der Waals surface area contributed by atoms with Crippen LogP contribution in [-0.2, 0) is 4.74 Å². The molecule has 0 heterocycles. The van der Waals surface area contributed by atoms with Crippen LogP contribution in [0.5, 0.6) is 0 Å². The maximum atomic E-state index is 12.4. The van der Waals surface area contributed by atoms with E-state index in [4.69, 9.17) is 11.2 Å². The Bertz CT molecular complexity index is 1070. The monoisotopic (exact) mass is 298 g/mol. The summed E-state index contributed by atoms with van der Waals surface area (Å²) in [5.74, 6) is 2.04. The number of esters is 1. The number of hydrogen-bond acceptors (Lipinski definition) is 2. The molecule has 0 aromatic heterocycles. The molecule has 110 valence electrons. The van der Waals surface area contributed by atoms with Crippen LogP contribution in [0.2, 0.25) is 0 Å². The van der Waals surface area contributed by atoms with Gasteiger partial charge in [-0.15, -0.1) is 6.42 Å². The fourth-order valence-corrected chi connectivity index (χ4v) is 3.17. The molecule has 0 N–H and O–H groups in total. The second-order valence-corrected chi connectivity index (χ2v) is 5.68. The first-order valence-electron chi connectivity index (χ1n) is 7.52. The average molecular weight is 298 g/mol. The molecule has 0 radical (unpaired) electrons. The Labute approximate surface area is 134 Å². The van der Waals surface area contributed by atoms with E-state index >= 15 is 0 Å². The van der Waals surface area contributed by atoms with Gasteiger partial charge in [-0.3, -0.25) is 0 Å². The molecule has 2 heteroatoms. The Kier molecular flexibility index (Phi) is 2.96. The van der Waals surface area contributed by atoms with Crippen LogP contribution in [0.4, 0.5) is 0 Å². The van der Waals surface area contributed by atoms with Crippen LogP contribution in [0.15, 0.2) is 54.6 Å². The summed E-state index contributed by atoms with van der Waals surface area (Å²) in [6, 6.07) is 18.2. The van der Waals surface area contributed by atoms with E-state index in [9.17, 15) is 4.79 Å². The molecular weight excluding hydrogens is 284 g/mol. The Morgan fingerprint density at radius 2 is 1.57 bits per heavy atom. The second kappa shape index (κ2) is 5.00. The Morgan fingerprint density at radius 1 is 0.957 bits per heavy atom. The van der Waals surface area contributed by atoms with E-state index in [0.29, 0.717) is 5.56 Å². The molecule has 0 aliphatic rings. The third-order valence-corrected chi connectivity index (χ3v) is 4.27. The molecule has 4 aromatic rings. The first-order chi connectivity index (χ1) is 11.2. The summed E-state index contributed by atoms with van der Waals surface area (Å²) in [4.78, 5) is 12.4. The van der Waals surface area contributed by atoms with Gasteiger partial charge in [-0.25, -0.2) is 4.79 Å². The van der Waals surface area contributed by atoms with E-state index in [0.717, 1.165) is 16.2 Å². The lowest BCUT2D eigenvalue weighted by molar-refractivity contribution is 0.0441. The number of rotatable bonds is 2. The summed E-state index contributed by atoms with van der Waals surface area (Å²) in [5.41, 5.74) is 0.554. The minimum atomic E-state index is -0.541. The van der Waals surface area contributed by atoms with E-state index in [1.807, 2.05) is 30.3 Å². The van der Waals surface area contributed by atoms with Gasteiger partial charge in [-0.05, 0) is 45.3 Å².